The zero-order valence-corrected chi connectivity index (χ0v) is 9.81. The molecule has 83 valence electrons. The van der Waals surface area contributed by atoms with Gasteiger partial charge in [0.1, 0.15) is 5.52 Å². The van der Waals surface area contributed by atoms with E-state index in [0.29, 0.717) is 0 Å². The molecule has 0 spiro atoms. The Balaban J connectivity index is 2.28. The van der Waals surface area contributed by atoms with Crippen LogP contribution in [0.3, 0.4) is 0 Å². The second-order valence-electron chi connectivity index (χ2n) is 4.08. The molecule has 3 rings (SSSR count). The summed E-state index contributed by atoms with van der Waals surface area (Å²) in [5.41, 5.74) is 4.77. The highest BCUT2D eigenvalue weighted by atomic mass is 15.0. The van der Waals surface area contributed by atoms with E-state index in [4.69, 9.17) is 0 Å². The van der Waals surface area contributed by atoms with Crippen molar-refractivity contribution in [1.29, 1.82) is 0 Å². The van der Waals surface area contributed by atoms with Gasteiger partial charge in [0.25, 0.3) is 0 Å². The van der Waals surface area contributed by atoms with Crippen LogP contribution in [0, 0.1) is 13.0 Å². The topological polar surface area (TPSA) is 30.7 Å². The Hall–Kier alpha value is -2.16. The zero-order chi connectivity index (χ0) is 11.8. The minimum atomic E-state index is 0.817. The van der Waals surface area contributed by atoms with Gasteiger partial charge in [-0.25, -0.2) is 4.98 Å². The molecule has 0 fully saturated rings. The minimum absolute atomic E-state index is 0.817. The first-order valence-corrected chi connectivity index (χ1v) is 5.52. The fourth-order valence-electron chi connectivity index (χ4n) is 1.95. The van der Waals surface area contributed by atoms with Crippen LogP contribution in [0.5, 0.6) is 0 Å². The fourth-order valence-corrected chi connectivity index (χ4v) is 1.95. The quantitative estimate of drug-likeness (QED) is 0.633. The Morgan fingerprint density at radius 2 is 1.94 bits per heavy atom. The van der Waals surface area contributed by atoms with Crippen LogP contribution in [0.15, 0.2) is 36.5 Å². The predicted octanol–water partition coefficient (Wildman–Crippen LogP) is 2.74. The average Bonchev–Trinajstić information content (AvgIpc) is 2.68. The number of hydrogen-bond acceptors (Lipinski definition) is 2. The maximum atomic E-state index is 4.49. The van der Waals surface area contributed by atoms with Crippen molar-refractivity contribution in [3.63, 3.8) is 0 Å². The summed E-state index contributed by atoms with van der Waals surface area (Å²) in [7, 11) is 2.00. The van der Waals surface area contributed by atoms with Gasteiger partial charge in [-0.05, 0) is 12.5 Å². The summed E-state index contributed by atoms with van der Waals surface area (Å²) in [4.78, 5) is 8.84. The van der Waals surface area contributed by atoms with Gasteiger partial charge in [0, 0.05) is 19.3 Å². The lowest BCUT2D eigenvalue weighted by Gasteiger charge is -2.02. The Morgan fingerprint density at radius 3 is 2.71 bits per heavy atom. The lowest BCUT2D eigenvalue weighted by atomic mass is 10.1. The van der Waals surface area contributed by atoms with Crippen molar-refractivity contribution in [2.45, 2.75) is 6.92 Å². The molecule has 1 radical (unpaired) electrons. The number of rotatable bonds is 1. The van der Waals surface area contributed by atoms with Gasteiger partial charge >= 0.3 is 0 Å². The molecule has 2 aromatic heterocycles. The molecule has 17 heavy (non-hydrogen) atoms. The van der Waals surface area contributed by atoms with Crippen LogP contribution in [-0.4, -0.2) is 14.5 Å². The Bertz CT molecular complexity index is 669. The number of aromatic nitrogens is 3. The number of hydrogen-bond donors (Lipinski definition) is 0. The molecule has 0 aliphatic carbocycles. The number of fused-ring (bicyclic) bond motifs is 1. The van der Waals surface area contributed by atoms with Gasteiger partial charge < -0.3 is 4.57 Å². The molecular weight excluding hydrogens is 210 g/mol. The molecule has 0 N–H and O–H groups in total. The predicted molar refractivity (Wildman–Crippen MR) is 67.5 cm³/mol. The van der Waals surface area contributed by atoms with E-state index in [1.54, 1.807) is 6.20 Å². The van der Waals surface area contributed by atoms with Gasteiger partial charge in [0.05, 0.1) is 11.4 Å². The van der Waals surface area contributed by atoms with Crippen molar-refractivity contribution >= 4 is 11.2 Å². The smallest absolute Gasteiger partial charge is 0.159 e. The summed E-state index contributed by atoms with van der Waals surface area (Å²) in [5, 5.41) is 0. The van der Waals surface area contributed by atoms with E-state index in [0.717, 1.165) is 28.1 Å². The Kier molecular flexibility index (Phi) is 2.18. The average molecular weight is 222 g/mol. The van der Waals surface area contributed by atoms with E-state index in [1.165, 1.54) is 0 Å². The van der Waals surface area contributed by atoms with Gasteiger partial charge in [-0.1, -0.05) is 30.3 Å². The lowest BCUT2D eigenvalue weighted by molar-refractivity contribution is 0.947. The molecule has 3 heteroatoms. The highest BCUT2D eigenvalue weighted by Gasteiger charge is 2.10. The van der Waals surface area contributed by atoms with Crippen molar-refractivity contribution in [3.8, 4) is 11.3 Å². The largest absolute Gasteiger partial charge is 0.326 e. The maximum absolute atomic E-state index is 4.49. The summed E-state index contributed by atoms with van der Waals surface area (Å²) in [6.45, 7) is 1.95. The summed E-state index contributed by atoms with van der Waals surface area (Å²) in [5.74, 6) is 0. The van der Waals surface area contributed by atoms with E-state index in [-0.39, 0.29) is 0 Å². The van der Waals surface area contributed by atoms with Crippen LogP contribution in [-0.2, 0) is 7.05 Å². The first-order valence-electron chi connectivity index (χ1n) is 5.52. The molecule has 0 unspecified atom stereocenters. The van der Waals surface area contributed by atoms with Gasteiger partial charge in [0.2, 0.25) is 0 Å². The molecule has 0 aliphatic heterocycles. The van der Waals surface area contributed by atoms with Gasteiger partial charge in [-0.15, -0.1) is 0 Å². The Morgan fingerprint density at radius 1 is 1.18 bits per heavy atom. The van der Waals surface area contributed by atoms with Crippen molar-refractivity contribution < 1.29 is 0 Å². The zero-order valence-electron chi connectivity index (χ0n) is 9.81. The van der Waals surface area contributed by atoms with Crippen molar-refractivity contribution in [3.05, 3.63) is 48.3 Å². The van der Waals surface area contributed by atoms with Crippen LogP contribution in [0.1, 0.15) is 5.69 Å². The Labute approximate surface area is 99.8 Å². The summed E-state index contributed by atoms with van der Waals surface area (Å²) < 4.78 is 2.03. The van der Waals surface area contributed by atoms with E-state index < -0.39 is 0 Å². The van der Waals surface area contributed by atoms with Crippen molar-refractivity contribution in [1.82, 2.24) is 14.5 Å². The summed E-state index contributed by atoms with van der Waals surface area (Å²) >= 11 is 0. The molecule has 3 aromatic rings. The minimum Gasteiger partial charge on any atom is -0.326 e. The number of nitrogens with zero attached hydrogens (tertiary/aromatic N) is 3. The number of benzene rings is 1. The first-order chi connectivity index (χ1) is 8.25. The lowest BCUT2D eigenvalue weighted by Crippen LogP contribution is -1.94. The van der Waals surface area contributed by atoms with Crippen LogP contribution >= 0.6 is 0 Å². The summed E-state index contributed by atoms with van der Waals surface area (Å²) in [6, 6.07) is 13.5. The first kappa shape index (κ1) is 10.0. The standard InChI is InChI=1S/C14H12N3/c1-10-9-15-12-8-13(17(2)14(12)16-10)11-6-4-3-5-7-11/h3-7,9H,1-2H3. The second-order valence-corrected chi connectivity index (χ2v) is 4.08. The van der Waals surface area contributed by atoms with E-state index in [2.05, 4.69) is 28.2 Å². The van der Waals surface area contributed by atoms with Crippen LogP contribution in [0.4, 0.5) is 0 Å². The third kappa shape index (κ3) is 1.60. The maximum Gasteiger partial charge on any atom is 0.159 e. The number of aryl methyl sites for hydroxylation is 2. The molecular formula is C14H12N3. The van der Waals surface area contributed by atoms with Crippen LogP contribution < -0.4 is 0 Å². The molecule has 0 aliphatic rings. The highest BCUT2D eigenvalue weighted by molar-refractivity contribution is 5.79. The molecule has 0 saturated carbocycles. The fraction of sp³-hybridized carbons (Fsp3) is 0.143. The molecule has 0 bridgehead atoms. The van der Waals surface area contributed by atoms with Crippen molar-refractivity contribution in [2.24, 2.45) is 7.05 Å². The van der Waals surface area contributed by atoms with Crippen LogP contribution in [0.2, 0.25) is 0 Å². The molecule has 0 amide bonds. The monoisotopic (exact) mass is 222 g/mol. The normalized spacial score (nSPS) is 10.9. The summed E-state index contributed by atoms with van der Waals surface area (Å²) in [6.07, 6.45) is 1.77. The van der Waals surface area contributed by atoms with Gasteiger partial charge in [-0.3, -0.25) is 4.98 Å². The van der Waals surface area contributed by atoms with Gasteiger partial charge in [0.15, 0.2) is 5.65 Å². The van der Waals surface area contributed by atoms with Gasteiger partial charge in [-0.2, -0.15) is 0 Å². The molecule has 2 heterocycles. The molecule has 3 nitrogen and oxygen atoms in total. The van der Waals surface area contributed by atoms with Crippen molar-refractivity contribution in [2.75, 3.05) is 0 Å². The molecule has 1 aromatic carbocycles. The third-order valence-electron chi connectivity index (χ3n) is 2.81. The third-order valence-corrected chi connectivity index (χ3v) is 2.81. The molecule has 0 atom stereocenters. The van der Waals surface area contributed by atoms with E-state index in [9.17, 15) is 0 Å². The molecule has 0 saturated heterocycles. The van der Waals surface area contributed by atoms with E-state index in [1.807, 2.05) is 36.7 Å². The highest BCUT2D eigenvalue weighted by Crippen LogP contribution is 2.23. The second kappa shape index (κ2) is 3.70. The SMILES string of the molecule is Cc1cnc2[c]c(-c3ccccc3)n(C)c2n1. The van der Waals surface area contributed by atoms with Crippen LogP contribution in [0.25, 0.3) is 22.4 Å². The van der Waals surface area contributed by atoms with E-state index >= 15 is 0 Å².